The Balaban J connectivity index is 0.00000216. The predicted molar refractivity (Wildman–Crippen MR) is 153 cm³/mol. The normalized spacial score (nSPS) is 14.0. The lowest BCUT2D eigenvalue weighted by Crippen LogP contribution is -2.41. The molecule has 1 saturated heterocycles. The van der Waals surface area contributed by atoms with Gasteiger partial charge < -0.3 is 14.8 Å². The first-order valence-electron chi connectivity index (χ1n) is 11.3. The highest BCUT2D eigenvalue weighted by Crippen LogP contribution is 2.37. The Morgan fingerprint density at radius 2 is 1.63 bits per heavy atom. The Morgan fingerprint density at radius 3 is 2.29 bits per heavy atom. The monoisotopic (exact) mass is 600 g/mol. The number of methoxy groups -OCH3 is 1. The summed E-state index contributed by atoms with van der Waals surface area (Å²) in [7, 11) is 1.68. The second-order valence-electron chi connectivity index (χ2n) is 8.44. The third-order valence-electron chi connectivity index (χ3n) is 6.02. The molecule has 4 nitrogen and oxygen atoms in total. The lowest BCUT2D eigenvalue weighted by atomic mass is 10.0. The van der Waals surface area contributed by atoms with Crippen LogP contribution in [0.3, 0.4) is 0 Å². The zero-order chi connectivity index (χ0) is 23.0. The highest BCUT2D eigenvalue weighted by molar-refractivity contribution is 9.10. The van der Waals surface area contributed by atoms with Gasteiger partial charge in [-0.3, -0.25) is 4.90 Å². The summed E-state index contributed by atoms with van der Waals surface area (Å²) < 4.78 is 12.6. The fourth-order valence-corrected chi connectivity index (χ4v) is 4.88. The fraction of sp³-hybridized carbons (Fsp3) is 0.333. The van der Waals surface area contributed by atoms with Crippen LogP contribution in [0.5, 0.6) is 11.5 Å². The first-order chi connectivity index (χ1) is 16.1. The van der Waals surface area contributed by atoms with Crippen molar-refractivity contribution < 1.29 is 9.47 Å². The van der Waals surface area contributed by atoms with Gasteiger partial charge in [0.05, 0.1) is 11.6 Å². The molecular formula is C27H32BrCl3N2O2. The van der Waals surface area contributed by atoms with Crippen LogP contribution in [-0.4, -0.2) is 31.1 Å². The van der Waals surface area contributed by atoms with Gasteiger partial charge in [-0.25, -0.2) is 0 Å². The average Bonchev–Trinajstić information content (AvgIpc) is 2.84. The minimum absolute atomic E-state index is 0. The molecule has 1 N–H and O–H groups in total. The van der Waals surface area contributed by atoms with Gasteiger partial charge in [-0.05, 0) is 82.8 Å². The first kappa shape index (κ1) is 29.8. The number of likely N-dealkylation sites (tertiary alicyclic amines) is 1. The fourth-order valence-electron chi connectivity index (χ4n) is 4.15. The quantitative estimate of drug-likeness (QED) is 0.279. The van der Waals surface area contributed by atoms with E-state index >= 15 is 0 Å². The van der Waals surface area contributed by atoms with E-state index in [9.17, 15) is 0 Å². The molecule has 0 radical (unpaired) electrons. The lowest BCUT2D eigenvalue weighted by molar-refractivity contribution is 0.190. The molecule has 0 saturated carbocycles. The van der Waals surface area contributed by atoms with Crippen LogP contribution in [-0.2, 0) is 19.7 Å². The number of hydrogen-bond donors (Lipinski definition) is 1. The molecule has 0 spiro atoms. The summed E-state index contributed by atoms with van der Waals surface area (Å²) in [6.45, 7) is 4.53. The van der Waals surface area contributed by atoms with Crippen molar-refractivity contribution in [3.63, 3.8) is 0 Å². The van der Waals surface area contributed by atoms with E-state index in [0.717, 1.165) is 59.8 Å². The number of ether oxygens (including phenoxy) is 2. The van der Waals surface area contributed by atoms with Gasteiger partial charge in [0, 0.05) is 24.2 Å². The van der Waals surface area contributed by atoms with Crippen molar-refractivity contribution in [2.75, 3.05) is 20.2 Å². The molecule has 0 aromatic heterocycles. The number of hydrogen-bond acceptors (Lipinski definition) is 4. The molecule has 3 aromatic rings. The number of nitrogens with one attached hydrogen (secondary N) is 1. The van der Waals surface area contributed by atoms with Gasteiger partial charge in [0.2, 0.25) is 0 Å². The van der Waals surface area contributed by atoms with Crippen LogP contribution in [0.15, 0.2) is 71.2 Å². The molecule has 8 heteroatoms. The van der Waals surface area contributed by atoms with Gasteiger partial charge in [-0.2, -0.15) is 0 Å². The lowest BCUT2D eigenvalue weighted by Gasteiger charge is -2.32. The summed E-state index contributed by atoms with van der Waals surface area (Å²) in [5.74, 6) is 1.44. The van der Waals surface area contributed by atoms with Crippen molar-refractivity contribution in [2.24, 2.45) is 0 Å². The van der Waals surface area contributed by atoms with Crippen LogP contribution in [0.4, 0.5) is 0 Å². The summed E-state index contributed by atoms with van der Waals surface area (Å²) in [5.41, 5.74) is 3.61. The van der Waals surface area contributed by atoms with Crippen LogP contribution in [0.1, 0.15) is 29.5 Å². The summed E-state index contributed by atoms with van der Waals surface area (Å²) in [4.78, 5) is 2.54. The molecule has 0 atom stereocenters. The van der Waals surface area contributed by atoms with Crippen molar-refractivity contribution in [1.29, 1.82) is 0 Å². The van der Waals surface area contributed by atoms with Crippen molar-refractivity contribution in [1.82, 2.24) is 10.2 Å². The molecule has 1 heterocycles. The van der Waals surface area contributed by atoms with Crippen LogP contribution >= 0.6 is 52.3 Å². The average molecular weight is 603 g/mol. The van der Waals surface area contributed by atoms with Crippen molar-refractivity contribution in [2.45, 2.75) is 38.6 Å². The third kappa shape index (κ3) is 8.85. The summed E-state index contributed by atoms with van der Waals surface area (Å²) in [5, 5.41) is 4.45. The van der Waals surface area contributed by atoms with E-state index in [1.54, 1.807) is 7.11 Å². The van der Waals surface area contributed by atoms with Gasteiger partial charge in [0.15, 0.2) is 11.5 Å². The number of nitrogens with zero attached hydrogens (tertiary/aromatic N) is 1. The van der Waals surface area contributed by atoms with Crippen LogP contribution in [0, 0.1) is 0 Å². The molecular weight excluding hydrogens is 571 g/mol. The van der Waals surface area contributed by atoms with E-state index in [1.807, 2.05) is 24.3 Å². The molecule has 0 amide bonds. The molecule has 0 unspecified atom stereocenters. The topological polar surface area (TPSA) is 33.7 Å². The van der Waals surface area contributed by atoms with Crippen molar-refractivity contribution in [3.05, 3.63) is 92.9 Å². The Bertz CT molecular complexity index is 1030. The van der Waals surface area contributed by atoms with Gasteiger partial charge >= 0.3 is 0 Å². The maximum Gasteiger partial charge on any atom is 0.175 e. The Labute approximate surface area is 234 Å². The third-order valence-corrected chi connectivity index (χ3v) is 6.86. The number of rotatable bonds is 9. The molecule has 3 aromatic carbocycles. The van der Waals surface area contributed by atoms with Gasteiger partial charge in [-0.15, -0.1) is 24.8 Å². The smallest absolute Gasteiger partial charge is 0.175 e. The number of halogens is 4. The predicted octanol–water partition coefficient (Wildman–Crippen LogP) is 7.29. The highest BCUT2D eigenvalue weighted by atomic mass is 79.9. The first-order valence-corrected chi connectivity index (χ1v) is 12.5. The minimum atomic E-state index is 0. The minimum Gasteiger partial charge on any atom is -0.493 e. The molecule has 0 aliphatic carbocycles. The van der Waals surface area contributed by atoms with Gasteiger partial charge in [-0.1, -0.05) is 54.1 Å². The van der Waals surface area contributed by atoms with Crippen LogP contribution < -0.4 is 14.8 Å². The number of piperidine rings is 1. The van der Waals surface area contributed by atoms with E-state index < -0.39 is 0 Å². The van der Waals surface area contributed by atoms with Crippen molar-refractivity contribution in [3.8, 4) is 11.5 Å². The van der Waals surface area contributed by atoms with E-state index in [-0.39, 0.29) is 24.8 Å². The largest absolute Gasteiger partial charge is 0.493 e. The van der Waals surface area contributed by atoms with Crippen LogP contribution in [0.2, 0.25) is 5.02 Å². The zero-order valence-corrected chi connectivity index (χ0v) is 23.7. The Kier molecular flexibility index (Phi) is 12.7. The molecule has 1 aliphatic heterocycles. The molecule has 0 bridgehead atoms. The van der Waals surface area contributed by atoms with Crippen LogP contribution in [0.25, 0.3) is 0 Å². The molecule has 1 fully saturated rings. The Hall–Kier alpha value is -1.47. The second kappa shape index (κ2) is 14.9. The molecule has 190 valence electrons. The van der Waals surface area contributed by atoms with E-state index in [0.29, 0.717) is 18.4 Å². The molecule has 35 heavy (non-hydrogen) atoms. The highest BCUT2D eigenvalue weighted by Gasteiger charge is 2.19. The summed E-state index contributed by atoms with van der Waals surface area (Å²) >= 11 is 9.64. The SMILES string of the molecule is COc1cc(CNC2CCN(Cc3ccccc3)CC2)cc(Br)c1OCc1ccc(Cl)cc1.Cl.Cl. The van der Waals surface area contributed by atoms with E-state index in [1.165, 1.54) is 11.1 Å². The standard InChI is InChI=1S/C27H30BrClN2O2.2ClH/c1-32-26-16-22(15-25(28)27(26)33-19-21-7-9-23(29)10-8-21)17-30-24-11-13-31(14-12-24)18-20-5-3-2-4-6-20;;/h2-10,15-16,24,30H,11-14,17-19H2,1H3;2*1H. The van der Waals surface area contributed by atoms with E-state index in [2.05, 4.69) is 68.6 Å². The Morgan fingerprint density at radius 1 is 0.943 bits per heavy atom. The molecule has 1 aliphatic rings. The number of benzene rings is 3. The zero-order valence-electron chi connectivity index (χ0n) is 19.7. The maximum absolute atomic E-state index is 6.05. The summed E-state index contributed by atoms with van der Waals surface area (Å²) in [6.07, 6.45) is 2.32. The molecule has 4 rings (SSSR count). The summed E-state index contributed by atoms with van der Waals surface area (Å²) in [6, 6.07) is 23.1. The van der Waals surface area contributed by atoms with Gasteiger partial charge in [0.25, 0.3) is 0 Å². The van der Waals surface area contributed by atoms with Crippen molar-refractivity contribution >= 4 is 52.3 Å². The maximum atomic E-state index is 6.05. The van der Waals surface area contributed by atoms with E-state index in [4.69, 9.17) is 21.1 Å². The second-order valence-corrected chi connectivity index (χ2v) is 9.73. The van der Waals surface area contributed by atoms with Gasteiger partial charge in [0.1, 0.15) is 6.61 Å².